The molecular formula is C27H35N3O2. The third-order valence-corrected chi connectivity index (χ3v) is 7.64. The molecule has 0 bridgehead atoms. The number of amides is 1. The van der Waals surface area contributed by atoms with Gasteiger partial charge in [0.25, 0.3) is 5.91 Å². The predicted octanol–water partition coefficient (Wildman–Crippen LogP) is 4.00. The lowest BCUT2D eigenvalue weighted by Gasteiger charge is -2.36. The van der Waals surface area contributed by atoms with Crippen LogP contribution in [0.1, 0.15) is 47.2 Å². The van der Waals surface area contributed by atoms with Crippen LogP contribution in [-0.2, 0) is 12.8 Å². The fourth-order valence-corrected chi connectivity index (χ4v) is 5.64. The van der Waals surface area contributed by atoms with Crippen molar-refractivity contribution in [3.8, 4) is 5.75 Å². The number of ether oxygens (including phenoxy) is 1. The highest BCUT2D eigenvalue weighted by molar-refractivity contribution is 5.94. The summed E-state index contributed by atoms with van der Waals surface area (Å²) in [5, 5.41) is 0. The Morgan fingerprint density at radius 2 is 1.53 bits per heavy atom. The summed E-state index contributed by atoms with van der Waals surface area (Å²) in [5.74, 6) is 0.891. The number of methoxy groups -OCH3 is 1. The lowest BCUT2D eigenvalue weighted by Crippen LogP contribution is -2.48. The molecule has 5 rings (SSSR count). The average molecular weight is 434 g/mol. The number of anilines is 1. The van der Waals surface area contributed by atoms with Gasteiger partial charge in [-0.15, -0.1) is 0 Å². The number of fused-ring (bicyclic) bond motifs is 1. The van der Waals surface area contributed by atoms with Crippen LogP contribution in [0.3, 0.4) is 0 Å². The van der Waals surface area contributed by atoms with Crippen molar-refractivity contribution in [3.05, 3.63) is 59.2 Å². The molecule has 0 N–H and O–H groups in total. The molecule has 2 heterocycles. The van der Waals surface area contributed by atoms with Crippen LogP contribution in [-0.4, -0.2) is 68.1 Å². The molecule has 2 aliphatic heterocycles. The summed E-state index contributed by atoms with van der Waals surface area (Å²) in [4.78, 5) is 20.0. The van der Waals surface area contributed by atoms with E-state index < -0.39 is 0 Å². The fraction of sp³-hybridized carbons (Fsp3) is 0.519. The molecule has 1 amide bonds. The monoisotopic (exact) mass is 433 g/mol. The second-order valence-electron chi connectivity index (χ2n) is 9.44. The molecule has 2 aromatic rings. The van der Waals surface area contributed by atoms with Gasteiger partial charge < -0.3 is 14.5 Å². The van der Waals surface area contributed by atoms with Gasteiger partial charge in [0.05, 0.1) is 7.11 Å². The SMILES string of the molecule is COc1ccc(C(=O)N2CCN(c3ccc4c(c3)CCN(C3CCCC3)CC4)CC2)cc1. The van der Waals surface area contributed by atoms with Crippen molar-refractivity contribution in [1.82, 2.24) is 9.80 Å². The normalized spacial score (nSPS) is 20.2. The Bertz CT molecular complexity index is 928. The number of piperazine rings is 1. The lowest BCUT2D eigenvalue weighted by atomic mass is 10.0. The Morgan fingerprint density at radius 1 is 0.844 bits per heavy atom. The molecule has 5 heteroatoms. The number of rotatable bonds is 4. The topological polar surface area (TPSA) is 36.0 Å². The van der Waals surface area contributed by atoms with Crippen molar-refractivity contribution >= 4 is 11.6 Å². The van der Waals surface area contributed by atoms with Crippen molar-refractivity contribution in [2.75, 3.05) is 51.3 Å². The predicted molar refractivity (Wildman–Crippen MR) is 129 cm³/mol. The van der Waals surface area contributed by atoms with E-state index in [1.54, 1.807) is 7.11 Å². The molecule has 1 saturated carbocycles. The first-order chi connectivity index (χ1) is 15.7. The zero-order valence-electron chi connectivity index (χ0n) is 19.3. The third kappa shape index (κ3) is 4.49. The largest absolute Gasteiger partial charge is 0.497 e. The van der Waals surface area contributed by atoms with E-state index in [0.717, 1.165) is 50.0 Å². The highest BCUT2D eigenvalue weighted by atomic mass is 16.5. The van der Waals surface area contributed by atoms with E-state index in [4.69, 9.17) is 4.74 Å². The Labute approximate surface area is 191 Å². The average Bonchev–Trinajstić information content (AvgIpc) is 3.31. The second kappa shape index (κ2) is 9.53. The zero-order valence-corrected chi connectivity index (χ0v) is 19.3. The summed E-state index contributed by atoms with van der Waals surface area (Å²) >= 11 is 0. The molecule has 0 aromatic heterocycles. The summed E-state index contributed by atoms with van der Waals surface area (Å²) in [6.45, 7) is 5.70. The molecule has 32 heavy (non-hydrogen) atoms. The van der Waals surface area contributed by atoms with Crippen LogP contribution in [0.2, 0.25) is 0 Å². The number of nitrogens with zero attached hydrogens (tertiary/aromatic N) is 3. The van der Waals surface area contributed by atoms with Gasteiger partial charge in [-0.2, -0.15) is 0 Å². The van der Waals surface area contributed by atoms with E-state index in [0.29, 0.717) is 0 Å². The minimum atomic E-state index is 0.112. The Kier molecular flexibility index (Phi) is 6.35. The summed E-state index contributed by atoms with van der Waals surface area (Å²) < 4.78 is 5.20. The maximum absolute atomic E-state index is 12.9. The third-order valence-electron chi connectivity index (χ3n) is 7.64. The zero-order chi connectivity index (χ0) is 21.9. The molecule has 0 unspecified atom stereocenters. The van der Waals surface area contributed by atoms with Crippen LogP contribution in [0.25, 0.3) is 0 Å². The highest BCUT2D eigenvalue weighted by Gasteiger charge is 2.26. The van der Waals surface area contributed by atoms with Crippen molar-refractivity contribution in [3.63, 3.8) is 0 Å². The molecule has 3 aliphatic rings. The molecule has 2 fully saturated rings. The number of hydrogen-bond acceptors (Lipinski definition) is 4. The molecule has 5 nitrogen and oxygen atoms in total. The molecule has 0 radical (unpaired) electrons. The number of hydrogen-bond donors (Lipinski definition) is 0. The van der Waals surface area contributed by atoms with Gasteiger partial charge in [-0.1, -0.05) is 18.9 Å². The molecule has 170 valence electrons. The van der Waals surface area contributed by atoms with Crippen LogP contribution < -0.4 is 9.64 Å². The van der Waals surface area contributed by atoms with E-state index in [1.165, 1.54) is 62.0 Å². The van der Waals surface area contributed by atoms with Crippen molar-refractivity contribution in [1.29, 1.82) is 0 Å². The van der Waals surface area contributed by atoms with Gasteiger partial charge in [-0.05, 0) is 73.2 Å². The van der Waals surface area contributed by atoms with Crippen molar-refractivity contribution in [2.24, 2.45) is 0 Å². The Balaban J connectivity index is 1.19. The van der Waals surface area contributed by atoms with Gasteiger partial charge in [0.1, 0.15) is 5.75 Å². The highest BCUT2D eigenvalue weighted by Crippen LogP contribution is 2.28. The van der Waals surface area contributed by atoms with E-state index in [1.807, 2.05) is 29.2 Å². The molecule has 2 aromatic carbocycles. The van der Waals surface area contributed by atoms with Crippen LogP contribution >= 0.6 is 0 Å². The smallest absolute Gasteiger partial charge is 0.253 e. The Morgan fingerprint density at radius 3 is 2.22 bits per heavy atom. The first kappa shape index (κ1) is 21.3. The number of carbonyl (C=O) groups is 1. The van der Waals surface area contributed by atoms with Crippen LogP contribution in [0.4, 0.5) is 5.69 Å². The Hall–Kier alpha value is -2.53. The first-order valence-corrected chi connectivity index (χ1v) is 12.3. The minimum Gasteiger partial charge on any atom is -0.497 e. The second-order valence-corrected chi connectivity index (χ2v) is 9.44. The van der Waals surface area contributed by atoms with E-state index in [9.17, 15) is 4.79 Å². The van der Waals surface area contributed by atoms with E-state index >= 15 is 0 Å². The maximum atomic E-state index is 12.9. The molecular weight excluding hydrogens is 398 g/mol. The van der Waals surface area contributed by atoms with Gasteiger partial charge in [-0.3, -0.25) is 9.69 Å². The van der Waals surface area contributed by atoms with Crippen LogP contribution in [0.5, 0.6) is 5.75 Å². The summed E-state index contributed by atoms with van der Waals surface area (Å²) in [6, 6.07) is 15.3. The fourth-order valence-electron chi connectivity index (χ4n) is 5.64. The molecule has 0 atom stereocenters. The standard InChI is InChI=1S/C27H35N3O2/c1-32-26-10-7-22(8-11-26)27(31)30-18-16-29(17-19-30)25-9-6-21-12-14-28(15-13-23(21)20-25)24-4-2-3-5-24/h6-11,20,24H,2-5,12-19H2,1H3. The first-order valence-electron chi connectivity index (χ1n) is 12.3. The number of carbonyl (C=O) groups excluding carboxylic acids is 1. The van der Waals surface area contributed by atoms with Crippen molar-refractivity contribution in [2.45, 2.75) is 44.6 Å². The van der Waals surface area contributed by atoms with Crippen LogP contribution in [0.15, 0.2) is 42.5 Å². The molecule has 1 aliphatic carbocycles. The quantitative estimate of drug-likeness (QED) is 0.730. The molecule has 1 saturated heterocycles. The molecule has 0 spiro atoms. The maximum Gasteiger partial charge on any atom is 0.253 e. The van der Waals surface area contributed by atoms with Crippen LogP contribution in [0, 0.1) is 0 Å². The van der Waals surface area contributed by atoms with Crippen molar-refractivity contribution < 1.29 is 9.53 Å². The van der Waals surface area contributed by atoms with E-state index in [-0.39, 0.29) is 5.91 Å². The van der Waals surface area contributed by atoms with Gasteiger partial charge in [-0.25, -0.2) is 0 Å². The minimum absolute atomic E-state index is 0.112. The van der Waals surface area contributed by atoms with Gasteiger partial charge in [0.15, 0.2) is 0 Å². The van der Waals surface area contributed by atoms with Gasteiger partial charge in [0, 0.05) is 56.6 Å². The van der Waals surface area contributed by atoms with E-state index in [2.05, 4.69) is 28.0 Å². The summed E-state index contributed by atoms with van der Waals surface area (Å²) in [7, 11) is 1.64. The van der Waals surface area contributed by atoms with Gasteiger partial charge in [0.2, 0.25) is 0 Å². The van der Waals surface area contributed by atoms with Gasteiger partial charge >= 0.3 is 0 Å². The summed E-state index contributed by atoms with van der Waals surface area (Å²) in [6.07, 6.45) is 7.94. The summed E-state index contributed by atoms with van der Waals surface area (Å²) in [5.41, 5.74) is 5.10. The number of benzene rings is 2. The lowest BCUT2D eigenvalue weighted by molar-refractivity contribution is 0.0746.